The normalized spacial score (nSPS) is 11.4. The molecule has 1 aromatic rings. The summed E-state index contributed by atoms with van der Waals surface area (Å²) in [6, 6.07) is 0. The Kier molecular flexibility index (Phi) is 20.1. The number of carbonyl (C=O) groups is 1. The van der Waals surface area contributed by atoms with Crippen LogP contribution in [0, 0.1) is 0 Å². The second kappa shape index (κ2) is 22.4. The Morgan fingerprint density at radius 1 is 0.909 bits per heavy atom. The maximum Gasteiger partial charge on any atom is 0.220 e. The first-order valence-corrected chi connectivity index (χ1v) is 13.7. The lowest BCUT2D eigenvalue weighted by Gasteiger charge is -2.16. The van der Waals surface area contributed by atoms with Crippen molar-refractivity contribution in [3.63, 3.8) is 0 Å². The predicted octanol–water partition coefficient (Wildman–Crippen LogP) is 5.89. The van der Waals surface area contributed by atoms with E-state index >= 15 is 0 Å². The molecule has 0 saturated heterocycles. The first-order valence-electron chi connectivity index (χ1n) is 13.7. The fraction of sp³-hybridized carbons (Fsp3) is 0.852. The Labute approximate surface area is 203 Å². The monoisotopic (exact) mass is 464 g/mol. The number of imidazole rings is 1. The highest BCUT2D eigenvalue weighted by Crippen LogP contribution is 2.13. The second-order valence-electron chi connectivity index (χ2n) is 9.44. The van der Waals surface area contributed by atoms with Crippen molar-refractivity contribution in [3.05, 3.63) is 18.2 Å². The molecule has 0 spiro atoms. The van der Waals surface area contributed by atoms with Gasteiger partial charge in [-0.05, 0) is 26.4 Å². The highest BCUT2D eigenvalue weighted by atomic mass is 16.5. The molecule has 1 rings (SSSR count). The topological polar surface area (TPSA) is 70.2 Å². The number of H-pyrrole nitrogens is 1. The Morgan fingerprint density at radius 3 is 2.09 bits per heavy atom. The summed E-state index contributed by atoms with van der Waals surface area (Å²) >= 11 is 0. The van der Waals surface area contributed by atoms with E-state index in [0.29, 0.717) is 26.0 Å². The van der Waals surface area contributed by atoms with Gasteiger partial charge in [0.1, 0.15) is 0 Å². The summed E-state index contributed by atoms with van der Waals surface area (Å²) in [7, 11) is 2.17. The zero-order valence-corrected chi connectivity index (χ0v) is 21.7. The number of aromatic amines is 1. The smallest absolute Gasteiger partial charge is 0.220 e. The number of ether oxygens (including phenoxy) is 1. The molecule has 0 saturated carbocycles. The maximum absolute atomic E-state index is 11.8. The van der Waals surface area contributed by atoms with Gasteiger partial charge in [0.05, 0.1) is 19.5 Å². The van der Waals surface area contributed by atoms with E-state index in [1.54, 1.807) is 12.5 Å². The molecule has 1 heterocycles. The fourth-order valence-corrected chi connectivity index (χ4v) is 4.03. The van der Waals surface area contributed by atoms with E-state index < -0.39 is 0 Å². The number of hydrogen-bond donors (Lipinski definition) is 2. The van der Waals surface area contributed by atoms with Gasteiger partial charge in [0.15, 0.2) is 0 Å². The van der Waals surface area contributed by atoms with Gasteiger partial charge in [-0.15, -0.1) is 0 Å². The number of aromatic nitrogens is 2. The third kappa shape index (κ3) is 19.7. The van der Waals surface area contributed by atoms with E-state index in [1.165, 1.54) is 89.9 Å². The molecule has 33 heavy (non-hydrogen) atoms. The first-order chi connectivity index (χ1) is 16.2. The number of likely N-dealkylation sites (N-methyl/N-ethyl adjacent to an activating group) is 1. The quantitative estimate of drug-likeness (QED) is 0.187. The summed E-state index contributed by atoms with van der Waals surface area (Å²) in [6.07, 6.45) is 24.2. The fourth-order valence-electron chi connectivity index (χ4n) is 4.03. The molecule has 6 heteroatoms. The Hall–Kier alpha value is -1.40. The predicted molar refractivity (Wildman–Crippen MR) is 139 cm³/mol. The Bertz CT molecular complexity index is 536. The SMILES string of the molecule is CCCCCCCCCCCCCCCCN(C)CCOCCNC(=O)CCc1cnc[nH]1. The van der Waals surface area contributed by atoms with Crippen LogP contribution in [0.25, 0.3) is 0 Å². The van der Waals surface area contributed by atoms with Gasteiger partial charge < -0.3 is 19.9 Å². The van der Waals surface area contributed by atoms with Crippen molar-refractivity contribution in [2.75, 3.05) is 39.9 Å². The molecule has 0 unspecified atom stereocenters. The van der Waals surface area contributed by atoms with Crippen molar-refractivity contribution in [1.29, 1.82) is 0 Å². The third-order valence-electron chi connectivity index (χ3n) is 6.26. The Balaban J connectivity index is 1.75. The van der Waals surface area contributed by atoms with E-state index in [0.717, 1.165) is 25.4 Å². The zero-order chi connectivity index (χ0) is 23.8. The summed E-state index contributed by atoms with van der Waals surface area (Å²) in [4.78, 5) is 21.1. The van der Waals surface area contributed by atoms with E-state index in [4.69, 9.17) is 4.74 Å². The number of unbranched alkanes of at least 4 members (excludes halogenated alkanes) is 13. The number of nitrogens with zero attached hydrogens (tertiary/aromatic N) is 2. The van der Waals surface area contributed by atoms with Crippen LogP contribution < -0.4 is 5.32 Å². The number of nitrogens with one attached hydrogen (secondary N) is 2. The molecule has 1 aromatic heterocycles. The number of rotatable bonds is 24. The van der Waals surface area contributed by atoms with E-state index in [9.17, 15) is 4.79 Å². The molecule has 0 aliphatic rings. The van der Waals surface area contributed by atoms with Crippen molar-refractivity contribution in [2.45, 2.75) is 110 Å². The van der Waals surface area contributed by atoms with Crippen LogP contribution in [0.2, 0.25) is 0 Å². The van der Waals surface area contributed by atoms with Crippen molar-refractivity contribution in [1.82, 2.24) is 20.2 Å². The summed E-state index contributed by atoms with van der Waals surface area (Å²) in [5.41, 5.74) is 0.989. The molecule has 0 aliphatic heterocycles. The number of amides is 1. The Morgan fingerprint density at radius 2 is 1.52 bits per heavy atom. The molecular weight excluding hydrogens is 412 g/mol. The minimum Gasteiger partial charge on any atom is -0.378 e. The molecule has 0 bridgehead atoms. The molecular formula is C27H52N4O2. The zero-order valence-electron chi connectivity index (χ0n) is 21.7. The summed E-state index contributed by atoms with van der Waals surface area (Å²) in [5.74, 6) is 0.0584. The van der Waals surface area contributed by atoms with Crippen LogP contribution in [0.4, 0.5) is 0 Å². The molecule has 0 radical (unpaired) electrons. The van der Waals surface area contributed by atoms with Crippen LogP contribution in [0.5, 0.6) is 0 Å². The van der Waals surface area contributed by atoms with Crippen LogP contribution in [0.3, 0.4) is 0 Å². The molecule has 2 N–H and O–H groups in total. The van der Waals surface area contributed by atoms with E-state index in [1.807, 2.05) is 0 Å². The standard InChI is InChI=1S/C27H52N4O2/c1-3-4-5-6-7-8-9-10-11-12-13-14-15-16-20-31(2)21-23-33-22-19-29-27(32)18-17-26-24-28-25-30-26/h24-25H,3-23H2,1-2H3,(H,28,30)(H,29,32). The van der Waals surface area contributed by atoms with Crippen LogP contribution in [-0.2, 0) is 16.0 Å². The van der Waals surface area contributed by atoms with Gasteiger partial charge in [-0.2, -0.15) is 0 Å². The summed E-state index contributed by atoms with van der Waals surface area (Å²) < 4.78 is 5.66. The molecule has 192 valence electrons. The molecule has 6 nitrogen and oxygen atoms in total. The van der Waals surface area contributed by atoms with Gasteiger partial charge in [-0.1, -0.05) is 90.4 Å². The summed E-state index contributed by atoms with van der Waals surface area (Å²) in [6.45, 7) is 6.25. The largest absolute Gasteiger partial charge is 0.378 e. The van der Waals surface area contributed by atoms with Crippen molar-refractivity contribution in [3.8, 4) is 0 Å². The highest BCUT2D eigenvalue weighted by molar-refractivity contribution is 5.76. The lowest BCUT2D eigenvalue weighted by molar-refractivity contribution is -0.121. The lowest BCUT2D eigenvalue weighted by atomic mass is 10.0. The van der Waals surface area contributed by atoms with Gasteiger partial charge in [-0.3, -0.25) is 4.79 Å². The molecule has 0 atom stereocenters. The van der Waals surface area contributed by atoms with Crippen LogP contribution in [0.1, 0.15) is 109 Å². The highest BCUT2D eigenvalue weighted by Gasteiger charge is 2.03. The minimum atomic E-state index is 0.0584. The van der Waals surface area contributed by atoms with Crippen LogP contribution in [-0.4, -0.2) is 60.7 Å². The van der Waals surface area contributed by atoms with Gasteiger partial charge >= 0.3 is 0 Å². The average Bonchev–Trinajstić information content (AvgIpc) is 3.34. The van der Waals surface area contributed by atoms with Gasteiger partial charge in [0, 0.05) is 31.4 Å². The van der Waals surface area contributed by atoms with Gasteiger partial charge in [-0.25, -0.2) is 4.98 Å². The molecule has 0 fully saturated rings. The lowest BCUT2D eigenvalue weighted by Crippen LogP contribution is -2.29. The average molecular weight is 465 g/mol. The van der Waals surface area contributed by atoms with Crippen molar-refractivity contribution >= 4 is 5.91 Å². The van der Waals surface area contributed by atoms with Crippen molar-refractivity contribution < 1.29 is 9.53 Å². The molecule has 0 aliphatic carbocycles. The number of aryl methyl sites for hydroxylation is 1. The van der Waals surface area contributed by atoms with Gasteiger partial charge in [0.25, 0.3) is 0 Å². The van der Waals surface area contributed by atoms with Crippen molar-refractivity contribution in [2.24, 2.45) is 0 Å². The number of hydrogen-bond acceptors (Lipinski definition) is 4. The van der Waals surface area contributed by atoms with E-state index in [2.05, 4.69) is 34.2 Å². The minimum absolute atomic E-state index is 0.0584. The first kappa shape index (κ1) is 29.6. The molecule has 1 amide bonds. The molecule has 0 aromatic carbocycles. The summed E-state index contributed by atoms with van der Waals surface area (Å²) in [5, 5.41) is 2.90. The third-order valence-corrected chi connectivity index (χ3v) is 6.26. The van der Waals surface area contributed by atoms with Crippen LogP contribution in [0.15, 0.2) is 12.5 Å². The maximum atomic E-state index is 11.8. The second-order valence-corrected chi connectivity index (χ2v) is 9.44. The van der Waals surface area contributed by atoms with E-state index in [-0.39, 0.29) is 5.91 Å². The van der Waals surface area contributed by atoms with Crippen LogP contribution >= 0.6 is 0 Å². The number of carbonyl (C=O) groups excluding carboxylic acids is 1. The van der Waals surface area contributed by atoms with Gasteiger partial charge in [0.2, 0.25) is 5.91 Å².